The van der Waals surface area contributed by atoms with Crippen LogP contribution in [0.25, 0.3) is 5.69 Å². The molecule has 1 heterocycles. The number of rotatable bonds is 6. The Bertz CT molecular complexity index is 1060. The van der Waals surface area contributed by atoms with E-state index in [0.717, 1.165) is 22.2 Å². The molecule has 0 aliphatic carbocycles. The van der Waals surface area contributed by atoms with Crippen molar-refractivity contribution in [1.29, 1.82) is 0 Å². The van der Waals surface area contributed by atoms with Gasteiger partial charge in [-0.1, -0.05) is 80.0 Å². The Labute approximate surface area is 187 Å². The first-order valence-electron chi connectivity index (χ1n) is 9.82. The van der Waals surface area contributed by atoms with Gasteiger partial charge in [0.2, 0.25) is 5.91 Å². The number of nitrogens with one attached hydrogen (secondary N) is 1. The summed E-state index contributed by atoms with van der Waals surface area (Å²) in [7, 11) is 0. The van der Waals surface area contributed by atoms with Gasteiger partial charge in [-0.3, -0.25) is 9.36 Å². The molecule has 0 aliphatic rings. The summed E-state index contributed by atoms with van der Waals surface area (Å²) in [6.07, 6.45) is 0. The highest BCUT2D eigenvalue weighted by Gasteiger charge is 2.23. The van der Waals surface area contributed by atoms with Gasteiger partial charge in [0, 0.05) is 16.2 Å². The van der Waals surface area contributed by atoms with Gasteiger partial charge >= 0.3 is 0 Å². The Hall–Kier alpha value is -2.31. The summed E-state index contributed by atoms with van der Waals surface area (Å²) in [4.78, 5) is 12.4. The van der Waals surface area contributed by atoms with Crippen LogP contribution < -0.4 is 5.32 Å². The van der Waals surface area contributed by atoms with E-state index in [4.69, 9.17) is 11.6 Å². The second kappa shape index (κ2) is 9.23. The van der Waals surface area contributed by atoms with E-state index in [1.54, 1.807) is 11.8 Å². The lowest BCUT2D eigenvalue weighted by molar-refractivity contribution is -0.128. The van der Waals surface area contributed by atoms with Crippen molar-refractivity contribution < 1.29 is 4.79 Å². The van der Waals surface area contributed by atoms with E-state index in [2.05, 4.69) is 46.7 Å². The predicted octanol–water partition coefficient (Wildman–Crippen LogP) is 5.49. The van der Waals surface area contributed by atoms with Crippen LogP contribution in [0.15, 0.2) is 47.6 Å². The minimum Gasteiger partial charge on any atom is -0.348 e. The summed E-state index contributed by atoms with van der Waals surface area (Å²) in [6.45, 7) is 10.1. The van der Waals surface area contributed by atoms with Gasteiger partial charge in [-0.2, -0.15) is 0 Å². The summed E-state index contributed by atoms with van der Waals surface area (Å²) in [5, 5.41) is 13.2. The number of carbonyl (C=O) groups excluding carboxylic acids is 1. The van der Waals surface area contributed by atoms with Crippen molar-refractivity contribution in [2.45, 2.75) is 52.1 Å². The average molecular weight is 443 g/mol. The van der Waals surface area contributed by atoms with Crippen LogP contribution in [0.5, 0.6) is 0 Å². The van der Waals surface area contributed by atoms with Crippen molar-refractivity contribution in [2.24, 2.45) is 5.41 Å². The fourth-order valence-electron chi connectivity index (χ4n) is 2.95. The molecule has 30 heavy (non-hydrogen) atoms. The standard InChI is InChI=1S/C23H27ClN4OS/c1-15-7-6-8-17(11-15)14-30-22-27-26-20(13-25-21(29)23(3,4)5)28(22)19-12-18(24)10-9-16(19)2/h6-12H,13-14H2,1-5H3,(H,25,29). The minimum atomic E-state index is -0.473. The number of nitrogens with zero attached hydrogens (tertiary/aromatic N) is 3. The van der Waals surface area contributed by atoms with Gasteiger partial charge < -0.3 is 5.32 Å². The van der Waals surface area contributed by atoms with E-state index < -0.39 is 5.41 Å². The minimum absolute atomic E-state index is 0.0335. The number of aryl methyl sites for hydroxylation is 2. The maximum Gasteiger partial charge on any atom is 0.225 e. The Kier molecular flexibility index (Phi) is 6.88. The molecular formula is C23H27ClN4OS. The van der Waals surface area contributed by atoms with Crippen LogP contribution in [-0.4, -0.2) is 20.7 Å². The first-order valence-corrected chi connectivity index (χ1v) is 11.2. The molecule has 2 aromatic carbocycles. The summed E-state index contributed by atoms with van der Waals surface area (Å²) in [6, 6.07) is 14.2. The number of carbonyl (C=O) groups is 1. The maximum absolute atomic E-state index is 12.4. The van der Waals surface area contributed by atoms with Crippen LogP contribution in [0.4, 0.5) is 0 Å². The number of halogens is 1. The zero-order valence-electron chi connectivity index (χ0n) is 18.0. The van der Waals surface area contributed by atoms with Gasteiger partial charge in [-0.25, -0.2) is 0 Å². The summed E-state index contributed by atoms with van der Waals surface area (Å²) in [5.74, 6) is 1.41. The fourth-order valence-corrected chi connectivity index (χ4v) is 4.02. The largest absolute Gasteiger partial charge is 0.348 e. The lowest BCUT2D eigenvalue weighted by atomic mass is 9.96. The molecule has 3 aromatic rings. The van der Waals surface area contributed by atoms with Crippen molar-refractivity contribution in [2.75, 3.05) is 0 Å². The molecular weight excluding hydrogens is 416 g/mol. The van der Waals surface area contributed by atoms with Crippen molar-refractivity contribution in [3.05, 3.63) is 70.0 Å². The second-order valence-corrected chi connectivity index (χ2v) is 9.75. The number of benzene rings is 2. The lowest BCUT2D eigenvalue weighted by Crippen LogP contribution is -2.35. The highest BCUT2D eigenvalue weighted by molar-refractivity contribution is 7.98. The molecule has 0 bridgehead atoms. The van der Waals surface area contributed by atoms with Crippen LogP contribution in [0, 0.1) is 19.3 Å². The topological polar surface area (TPSA) is 59.8 Å². The van der Waals surface area contributed by atoms with Crippen LogP contribution in [0.1, 0.15) is 43.3 Å². The fraction of sp³-hybridized carbons (Fsp3) is 0.348. The van der Waals surface area contributed by atoms with Crippen LogP contribution in [0.2, 0.25) is 5.02 Å². The molecule has 0 saturated heterocycles. The van der Waals surface area contributed by atoms with E-state index in [9.17, 15) is 4.79 Å². The average Bonchev–Trinajstić information content (AvgIpc) is 3.08. The van der Waals surface area contributed by atoms with Crippen LogP contribution in [-0.2, 0) is 17.1 Å². The van der Waals surface area contributed by atoms with Gasteiger partial charge in [0.05, 0.1) is 12.2 Å². The molecule has 158 valence electrons. The van der Waals surface area contributed by atoms with Crippen LogP contribution >= 0.6 is 23.4 Å². The number of amides is 1. The monoisotopic (exact) mass is 442 g/mol. The quantitative estimate of drug-likeness (QED) is 0.512. The van der Waals surface area contributed by atoms with Gasteiger partial charge in [-0.15, -0.1) is 10.2 Å². The summed E-state index contributed by atoms with van der Waals surface area (Å²) >= 11 is 7.90. The first-order chi connectivity index (χ1) is 14.1. The first kappa shape index (κ1) is 22.4. The highest BCUT2D eigenvalue weighted by atomic mass is 35.5. The molecule has 1 amide bonds. The number of hydrogen-bond acceptors (Lipinski definition) is 4. The normalized spacial score (nSPS) is 11.5. The molecule has 0 unspecified atom stereocenters. The molecule has 0 saturated carbocycles. The Morgan fingerprint density at radius 1 is 1.13 bits per heavy atom. The maximum atomic E-state index is 12.4. The third-order valence-electron chi connectivity index (χ3n) is 4.65. The SMILES string of the molecule is Cc1cccc(CSc2nnc(CNC(=O)C(C)(C)C)n2-c2cc(Cl)ccc2C)c1. The van der Waals surface area contributed by atoms with E-state index in [0.29, 0.717) is 17.4 Å². The third kappa shape index (κ3) is 5.43. The van der Waals surface area contributed by atoms with E-state index in [1.807, 2.05) is 50.5 Å². The zero-order chi connectivity index (χ0) is 21.9. The van der Waals surface area contributed by atoms with Gasteiger partial charge in [0.1, 0.15) is 0 Å². The predicted molar refractivity (Wildman–Crippen MR) is 123 cm³/mol. The Balaban J connectivity index is 1.93. The third-order valence-corrected chi connectivity index (χ3v) is 5.89. The van der Waals surface area contributed by atoms with Crippen molar-refractivity contribution >= 4 is 29.3 Å². The number of thioether (sulfide) groups is 1. The van der Waals surface area contributed by atoms with Gasteiger partial charge in [-0.05, 0) is 37.1 Å². The van der Waals surface area contributed by atoms with Crippen LogP contribution in [0.3, 0.4) is 0 Å². The highest BCUT2D eigenvalue weighted by Crippen LogP contribution is 2.29. The van der Waals surface area contributed by atoms with Crippen molar-refractivity contribution in [3.8, 4) is 5.69 Å². The molecule has 3 rings (SSSR count). The smallest absolute Gasteiger partial charge is 0.225 e. The lowest BCUT2D eigenvalue weighted by Gasteiger charge is -2.18. The van der Waals surface area contributed by atoms with Crippen molar-refractivity contribution in [3.63, 3.8) is 0 Å². The molecule has 1 N–H and O–H groups in total. The van der Waals surface area contributed by atoms with E-state index >= 15 is 0 Å². The number of hydrogen-bond donors (Lipinski definition) is 1. The molecule has 0 aliphatic heterocycles. The second-order valence-electron chi connectivity index (χ2n) is 8.38. The molecule has 1 aromatic heterocycles. The molecule has 0 spiro atoms. The Morgan fingerprint density at radius 2 is 1.90 bits per heavy atom. The van der Waals surface area contributed by atoms with Crippen molar-refractivity contribution in [1.82, 2.24) is 20.1 Å². The molecule has 7 heteroatoms. The van der Waals surface area contributed by atoms with E-state index in [-0.39, 0.29) is 5.91 Å². The van der Waals surface area contributed by atoms with Gasteiger partial charge in [0.25, 0.3) is 0 Å². The summed E-state index contributed by atoms with van der Waals surface area (Å²) < 4.78 is 1.99. The zero-order valence-corrected chi connectivity index (χ0v) is 19.6. The number of aromatic nitrogens is 3. The molecule has 5 nitrogen and oxygen atoms in total. The molecule has 0 radical (unpaired) electrons. The molecule has 0 atom stereocenters. The Morgan fingerprint density at radius 3 is 2.60 bits per heavy atom. The van der Waals surface area contributed by atoms with Gasteiger partial charge in [0.15, 0.2) is 11.0 Å². The van der Waals surface area contributed by atoms with E-state index in [1.165, 1.54) is 11.1 Å². The molecule has 0 fully saturated rings. The summed E-state index contributed by atoms with van der Waals surface area (Å²) in [5.41, 5.74) is 3.95.